The molecule has 0 aromatic carbocycles. The van der Waals surface area contributed by atoms with Crippen molar-refractivity contribution in [2.75, 3.05) is 74.6 Å². The van der Waals surface area contributed by atoms with Crippen LogP contribution in [0.5, 0.6) is 0 Å². The maximum absolute atomic E-state index is 5.94. The largest absolute Gasteiger partial charge is 0.501 e. The summed E-state index contributed by atoms with van der Waals surface area (Å²) in [6, 6.07) is 0.755. The molecule has 1 N–H and O–H groups in total. The first-order valence-electron chi connectivity index (χ1n) is 7.28. The second kappa shape index (κ2) is 14.9. The van der Waals surface area contributed by atoms with Crippen LogP contribution in [0.3, 0.4) is 0 Å². The number of rotatable bonds is 16. The lowest BCUT2D eigenvalue weighted by Crippen LogP contribution is -2.48. The fourth-order valence-electron chi connectivity index (χ4n) is 1.66. The molecule has 21 heavy (non-hydrogen) atoms. The molecule has 128 valence electrons. The lowest BCUT2D eigenvalue weighted by Gasteiger charge is -2.29. The predicted molar refractivity (Wildman–Crippen MR) is 82.6 cm³/mol. The molecule has 0 saturated heterocycles. The molecule has 0 atom stereocenters. The van der Waals surface area contributed by atoms with Gasteiger partial charge in [-0.3, -0.25) is 0 Å². The molecule has 0 amide bonds. The van der Waals surface area contributed by atoms with Crippen molar-refractivity contribution < 1.29 is 27.5 Å². The molecule has 7 nitrogen and oxygen atoms in total. The van der Waals surface area contributed by atoms with Crippen molar-refractivity contribution in [2.24, 2.45) is 0 Å². The van der Waals surface area contributed by atoms with E-state index in [0.717, 1.165) is 19.0 Å². The third-order valence-corrected chi connectivity index (χ3v) is 5.64. The number of ether oxygens (including phenoxy) is 3. The molecular formula is C13H31NO6Si. The number of nitrogens with one attached hydrogen (secondary N) is 1. The molecule has 0 aliphatic heterocycles. The van der Waals surface area contributed by atoms with Crippen LogP contribution in [0, 0.1) is 0 Å². The van der Waals surface area contributed by atoms with Crippen molar-refractivity contribution in [3.63, 3.8) is 0 Å². The molecular weight excluding hydrogens is 294 g/mol. The van der Waals surface area contributed by atoms with Crippen molar-refractivity contribution in [1.29, 1.82) is 0 Å². The maximum Gasteiger partial charge on any atom is 0.501 e. The fourth-order valence-corrected chi connectivity index (χ4v) is 4.14. The van der Waals surface area contributed by atoms with Crippen LogP contribution in [-0.4, -0.2) is 83.4 Å². The van der Waals surface area contributed by atoms with Crippen LogP contribution in [-0.2, 0) is 27.5 Å². The zero-order valence-corrected chi connectivity index (χ0v) is 14.8. The maximum atomic E-state index is 5.94. The van der Waals surface area contributed by atoms with Gasteiger partial charge in [0.25, 0.3) is 0 Å². The molecule has 0 aromatic heterocycles. The molecule has 0 spiro atoms. The van der Waals surface area contributed by atoms with E-state index in [1.165, 1.54) is 0 Å². The standard InChI is InChI=1S/C13H31NO6Si/c1-14-6-5-13-21(18-10-7-15-2,19-11-8-16-3)20-12-9-17-4/h14H,5-13H2,1-4H3. The molecule has 0 heterocycles. The van der Waals surface area contributed by atoms with E-state index in [1.807, 2.05) is 7.05 Å². The van der Waals surface area contributed by atoms with Crippen LogP contribution < -0.4 is 5.32 Å². The quantitative estimate of drug-likeness (QED) is 0.328. The van der Waals surface area contributed by atoms with Gasteiger partial charge in [0.15, 0.2) is 0 Å². The van der Waals surface area contributed by atoms with Crippen LogP contribution in [0.2, 0.25) is 6.04 Å². The van der Waals surface area contributed by atoms with Gasteiger partial charge in [0.05, 0.1) is 39.6 Å². The predicted octanol–water partition coefficient (Wildman–Crippen LogP) is 0.524. The van der Waals surface area contributed by atoms with E-state index < -0.39 is 8.80 Å². The minimum atomic E-state index is -2.72. The van der Waals surface area contributed by atoms with Crippen molar-refractivity contribution >= 4 is 8.80 Å². The van der Waals surface area contributed by atoms with Crippen LogP contribution in [0.25, 0.3) is 0 Å². The summed E-state index contributed by atoms with van der Waals surface area (Å²) in [6.07, 6.45) is 0.926. The smallest absolute Gasteiger partial charge is 0.382 e. The Balaban J connectivity index is 4.52. The molecule has 0 rings (SSSR count). The first-order chi connectivity index (χ1) is 10.2. The lowest BCUT2D eigenvalue weighted by atomic mass is 10.5. The van der Waals surface area contributed by atoms with Crippen LogP contribution >= 0.6 is 0 Å². The SMILES string of the molecule is CNCCC[Si](OCCOC)(OCCOC)OCCOC. The van der Waals surface area contributed by atoms with Gasteiger partial charge in [-0.05, 0) is 20.0 Å². The Kier molecular flexibility index (Phi) is 14.8. The highest BCUT2D eigenvalue weighted by molar-refractivity contribution is 6.60. The van der Waals surface area contributed by atoms with E-state index in [0.29, 0.717) is 39.6 Å². The monoisotopic (exact) mass is 325 g/mol. The zero-order chi connectivity index (χ0) is 15.8. The Morgan fingerprint density at radius 1 is 0.714 bits per heavy atom. The van der Waals surface area contributed by atoms with Crippen LogP contribution in [0.1, 0.15) is 6.42 Å². The van der Waals surface area contributed by atoms with Gasteiger partial charge in [-0.2, -0.15) is 0 Å². The highest BCUT2D eigenvalue weighted by Gasteiger charge is 2.40. The van der Waals surface area contributed by atoms with Crippen molar-refractivity contribution in [1.82, 2.24) is 5.32 Å². The molecule has 0 aromatic rings. The third kappa shape index (κ3) is 11.2. The van der Waals surface area contributed by atoms with Gasteiger partial charge in [-0.25, -0.2) is 0 Å². The fraction of sp³-hybridized carbons (Fsp3) is 1.00. The summed E-state index contributed by atoms with van der Waals surface area (Å²) in [4.78, 5) is 0. The van der Waals surface area contributed by atoms with E-state index in [9.17, 15) is 0 Å². The van der Waals surface area contributed by atoms with Gasteiger partial charge in [0, 0.05) is 27.4 Å². The first kappa shape index (κ1) is 20.9. The normalized spacial score (nSPS) is 12.0. The first-order valence-corrected chi connectivity index (χ1v) is 9.21. The summed E-state index contributed by atoms with van der Waals surface area (Å²) < 4.78 is 32.9. The van der Waals surface area contributed by atoms with Gasteiger partial charge in [0.1, 0.15) is 0 Å². The Morgan fingerprint density at radius 3 is 1.48 bits per heavy atom. The van der Waals surface area contributed by atoms with E-state index in [-0.39, 0.29) is 0 Å². The summed E-state index contributed by atoms with van der Waals surface area (Å²) in [7, 11) is 4.13. The average molecular weight is 325 g/mol. The Labute approximate surface area is 129 Å². The zero-order valence-electron chi connectivity index (χ0n) is 13.8. The van der Waals surface area contributed by atoms with Gasteiger partial charge < -0.3 is 32.8 Å². The number of hydrogen-bond donors (Lipinski definition) is 1. The van der Waals surface area contributed by atoms with E-state index in [2.05, 4.69) is 5.32 Å². The van der Waals surface area contributed by atoms with Crippen molar-refractivity contribution in [3.05, 3.63) is 0 Å². The minimum absolute atomic E-state index is 0.461. The second-order valence-corrected chi connectivity index (χ2v) is 7.15. The summed E-state index contributed by atoms with van der Waals surface area (Å²) in [6.45, 7) is 3.82. The lowest BCUT2D eigenvalue weighted by molar-refractivity contribution is 0.0144. The molecule has 0 aliphatic rings. The van der Waals surface area contributed by atoms with Crippen molar-refractivity contribution in [2.45, 2.75) is 12.5 Å². The summed E-state index contributed by atoms with van der Waals surface area (Å²) in [5.41, 5.74) is 0. The minimum Gasteiger partial charge on any atom is -0.382 e. The molecule has 0 radical (unpaired) electrons. The molecule has 0 aliphatic carbocycles. The summed E-state index contributed by atoms with van der Waals surface area (Å²) in [5.74, 6) is 0. The van der Waals surface area contributed by atoms with E-state index in [1.54, 1.807) is 21.3 Å². The second-order valence-electron chi connectivity index (χ2n) is 4.41. The molecule has 0 bridgehead atoms. The molecule has 0 unspecified atom stereocenters. The molecule has 0 saturated carbocycles. The van der Waals surface area contributed by atoms with Gasteiger partial charge >= 0.3 is 8.80 Å². The number of hydrogen-bond acceptors (Lipinski definition) is 7. The summed E-state index contributed by atoms with van der Waals surface area (Å²) in [5, 5.41) is 3.12. The van der Waals surface area contributed by atoms with Crippen LogP contribution in [0.15, 0.2) is 0 Å². The Morgan fingerprint density at radius 2 is 1.14 bits per heavy atom. The topological polar surface area (TPSA) is 67.4 Å². The third-order valence-electron chi connectivity index (χ3n) is 2.74. The van der Waals surface area contributed by atoms with E-state index in [4.69, 9.17) is 27.5 Å². The van der Waals surface area contributed by atoms with Gasteiger partial charge in [-0.1, -0.05) is 0 Å². The van der Waals surface area contributed by atoms with Gasteiger partial charge in [0.2, 0.25) is 0 Å². The molecule has 8 heteroatoms. The summed E-state index contributed by atoms with van der Waals surface area (Å²) >= 11 is 0. The molecule has 0 fully saturated rings. The highest BCUT2D eigenvalue weighted by Crippen LogP contribution is 2.18. The van der Waals surface area contributed by atoms with Crippen LogP contribution in [0.4, 0.5) is 0 Å². The highest BCUT2D eigenvalue weighted by atomic mass is 28.4. The Bertz CT molecular complexity index is 177. The number of methoxy groups -OCH3 is 3. The average Bonchev–Trinajstić information content (AvgIpc) is 2.48. The van der Waals surface area contributed by atoms with Crippen molar-refractivity contribution in [3.8, 4) is 0 Å². The van der Waals surface area contributed by atoms with Gasteiger partial charge in [-0.15, -0.1) is 0 Å². The Hall–Kier alpha value is -0.0631. The van der Waals surface area contributed by atoms with E-state index >= 15 is 0 Å².